The van der Waals surface area contributed by atoms with Crippen LogP contribution in [0.2, 0.25) is 0 Å². The molecule has 1 aromatic rings. The first kappa shape index (κ1) is 10.5. The summed E-state index contributed by atoms with van der Waals surface area (Å²) in [5, 5.41) is 9.31. The first-order valence-electron chi connectivity index (χ1n) is 6.28. The van der Waals surface area contributed by atoms with E-state index in [2.05, 4.69) is 6.07 Å². The van der Waals surface area contributed by atoms with E-state index >= 15 is 0 Å². The zero-order chi connectivity index (χ0) is 11.8. The largest absolute Gasteiger partial charge is 0.298 e. The normalized spacial score (nSPS) is 34.5. The van der Waals surface area contributed by atoms with Crippen LogP contribution in [0.4, 0.5) is 0 Å². The molecule has 2 saturated carbocycles. The smallest absolute Gasteiger partial charge is 0.150 e. The van der Waals surface area contributed by atoms with Crippen molar-refractivity contribution >= 4 is 6.29 Å². The highest BCUT2D eigenvalue weighted by atomic mass is 16.1. The molecule has 17 heavy (non-hydrogen) atoms. The number of fused-ring (bicyclic) bond motifs is 2. The van der Waals surface area contributed by atoms with Gasteiger partial charge in [0.25, 0.3) is 0 Å². The maximum Gasteiger partial charge on any atom is 0.150 e. The van der Waals surface area contributed by atoms with E-state index in [1.807, 2.05) is 24.3 Å². The maximum atomic E-state index is 10.6. The van der Waals surface area contributed by atoms with E-state index in [-0.39, 0.29) is 5.92 Å². The zero-order valence-corrected chi connectivity index (χ0v) is 9.67. The number of hydrogen-bond donors (Lipinski definition) is 0. The molecule has 0 heterocycles. The van der Waals surface area contributed by atoms with Crippen LogP contribution in [0, 0.1) is 29.1 Å². The molecule has 2 bridgehead atoms. The summed E-state index contributed by atoms with van der Waals surface area (Å²) in [6, 6.07) is 10.3. The van der Waals surface area contributed by atoms with Crippen molar-refractivity contribution in [2.45, 2.75) is 25.2 Å². The molecule has 2 heteroatoms. The Morgan fingerprint density at radius 2 is 1.88 bits per heavy atom. The lowest BCUT2D eigenvalue weighted by Gasteiger charge is -2.26. The Balaban J connectivity index is 1.92. The third-order valence-corrected chi connectivity index (χ3v) is 4.52. The minimum Gasteiger partial charge on any atom is -0.298 e. The molecular weight excluding hydrogens is 210 g/mol. The Kier molecular flexibility index (Phi) is 2.48. The molecule has 0 unspecified atom stereocenters. The number of rotatable bonds is 2. The summed E-state index contributed by atoms with van der Waals surface area (Å²) in [5.74, 6) is 1.89. The molecule has 0 aromatic heterocycles. The number of carbonyl (C=O) groups is 1. The van der Waals surface area contributed by atoms with Crippen LogP contribution in [0.25, 0.3) is 0 Å². The molecule has 2 aliphatic carbocycles. The molecule has 2 nitrogen and oxygen atoms in total. The van der Waals surface area contributed by atoms with Gasteiger partial charge in [-0.1, -0.05) is 24.3 Å². The summed E-state index contributed by atoms with van der Waals surface area (Å²) in [6.07, 6.45) is 4.58. The molecule has 0 radical (unpaired) electrons. The van der Waals surface area contributed by atoms with Gasteiger partial charge in [0, 0.05) is 11.5 Å². The van der Waals surface area contributed by atoms with Gasteiger partial charge >= 0.3 is 0 Å². The number of benzene rings is 1. The van der Waals surface area contributed by atoms with Gasteiger partial charge in [0.15, 0.2) is 0 Å². The van der Waals surface area contributed by atoms with Gasteiger partial charge in [0.1, 0.15) is 6.29 Å². The molecule has 3 rings (SSSR count). The average Bonchev–Trinajstić information content (AvgIpc) is 2.98. The lowest BCUT2D eigenvalue weighted by Crippen LogP contribution is -2.19. The van der Waals surface area contributed by atoms with Crippen molar-refractivity contribution in [1.82, 2.24) is 0 Å². The van der Waals surface area contributed by atoms with Crippen molar-refractivity contribution in [2.24, 2.45) is 17.8 Å². The number of nitrogens with zero attached hydrogens (tertiary/aromatic N) is 1. The third kappa shape index (κ3) is 1.58. The van der Waals surface area contributed by atoms with Crippen LogP contribution in [0.5, 0.6) is 0 Å². The van der Waals surface area contributed by atoms with Crippen LogP contribution in [-0.2, 0) is 0 Å². The summed E-state index contributed by atoms with van der Waals surface area (Å²) >= 11 is 0. The van der Waals surface area contributed by atoms with Crippen LogP contribution >= 0.6 is 0 Å². The van der Waals surface area contributed by atoms with Crippen molar-refractivity contribution in [3.8, 4) is 6.07 Å². The van der Waals surface area contributed by atoms with Gasteiger partial charge in [0.05, 0.1) is 12.0 Å². The van der Waals surface area contributed by atoms with Gasteiger partial charge in [-0.05, 0) is 36.7 Å². The molecule has 2 aliphatic rings. The number of nitriles is 1. The Hall–Kier alpha value is -1.62. The first-order chi connectivity index (χ1) is 8.33. The summed E-state index contributed by atoms with van der Waals surface area (Å²) in [6.45, 7) is 0. The zero-order valence-electron chi connectivity index (χ0n) is 9.67. The molecule has 2 fully saturated rings. The Morgan fingerprint density at radius 1 is 1.18 bits per heavy atom. The van der Waals surface area contributed by atoms with E-state index in [0.29, 0.717) is 23.3 Å². The van der Waals surface area contributed by atoms with Crippen LogP contribution in [-0.4, -0.2) is 6.29 Å². The fourth-order valence-electron chi connectivity index (χ4n) is 3.75. The Bertz CT molecular complexity index is 471. The Labute approximate surface area is 101 Å². The van der Waals surface area contributed by atoms with Gasteiger partial charge in [-0.2, -0.15) is 5.26 Å². The summed E-state index contributed by atoms with van der Waals surface area (Å²) in [5.41, 5.74) is 1.96. The number of carbonyl (C=O) groups excluding carboxylic acids is 1. The molecule has 1 aromatic carbocycles. The average molecular weight is 225 g/mol. The number of aldehydes is 1. The van der Waals surface area contributed by atoms with Gasteiger partial charge in [-0.15, -0.1) is 0 Å². The molecule has 86 valence electrons. The molecular formula is C15H15NO. The predicted octanol–water partition coefficient (Wildman–Crippen LogP) is 3.15. The van der Waals surface area contributed by atoms with Crippen LogP contribution in [0.3, 0.4) is 0 Å². The molecule has 0 spiro atoms. The second-order valence-corrected chi connectivity index (χ2v) is 5.30. The number of hydrogen-bond acceptors (Lipinski definition) is 2. The highest BCUT2D eigenvalue weighted by Crippen LogP contribution is 2.56. The standard InChI is InChI=1S/C15H15NO/c16-8-14-12-5-6-13(7-12)15(14)11-3-1-10(9-17)2-4-11/h1-4,9,12-15H,5-7H2/t12-,13+,14+,15-/m0/s1. The van der Waals surface area contributed by atoms with E-state index in [0.717, 1.165) is 6.29 Å². The second kappa shape index (κ2) is 4.00. The van der Waals surface area contributed by atoms with E-state index in [9.17, 15) is 10.1 Å². The lowest BCUT2D eigenvalue weighted by molar-refractivity contribution is 0.112. The summed E-state index contributed by atoms with van der Waals surface area (Å²) in [4.78, 5) is 10.6. The van der Waals surface area contributed by atoms with Crippen LogP contribution in [0.1, 0.15) is 41.1 Å². The summed E-state index contributed by atoms with van der Waals surface area (Å²) in [7, 11) is 0. The predicted molar refractivity (Wildman–Crippen MR) is 64.5 cm³/mol. The van der Waals surface area contributed by atoms with E-state index in [1.54, 1.807) is 0 Å². The summed E-state index contributed by atoms with van der Waals surface area (Å²) < 4.78 is 0. The molecule has 0 saturated heterocycles. The fourth-order valence-corrected chi connectivity index (χ4v) is 3.75. The second-order valence-electron chi connectivity index (χ2n) is 5.30. The monoisotopic (exact) mass is 225 g/mol. The SMILES string of the molecule is N#C[C@@H]1[C@H]2CC[C@H](C2)[C@@H]1c1ccc(C=O)cc1. The first-order valence-corrected chi connectivity index (χ1v) is 6.28. The van der Waals surface area contributed by atoms with Crippen LogP contribution < -0.4 is 0 Å². The van der Waals surface area contributed by atoms with E-state index in [4.69, 9.17) is 0 Å². The highest BCUT2D eigenvalue weighted by molar-refractivity contribution is 5.74. The van der Waals surface area contributed by atoms with E-state index < -0.39 is 0 Å². The molecule has 0 amide bonds. The highest BCUT2D eigenvalue weighted by Gasteiger charge is 2.48. The maximum absolute atomic E-state index is 10.6. The van der Waals surface area contributed by atoms with Crippen molar-refractivity contribution in [2.75, 3.05) is 0 Å². The lowest BCUT2D eigenvalue weighted by atomic mass is 9.76. The van der Waals surface area contributed by atoms with Crippen molar-refractivity contribution in [3.63, 3.8) is 0 Å². The van der Waals surface area contributed by atoms with Gasteiger partial charge < -0.3 is 0 Å². The van der Waals surface area contributed by atoms with Gasteiger partial charge in [-0.3, -0.25) is 4.79 Å². The topological polar surface area (TPSA) is 40.9 Å². The fraction of sp³-hybridized carbons (Fsp3) is 0.467. The third-order valence-electron chi connectivity index (χ3n) is 4.52. The molecule has 4 atom stereocenters. The van der Waals surface area contributed by atoms with Gasteiger partial charge in [-0.25, -0.2) is 0 Å². The molecule has 0 N–H and O–H groups in total. The minimum atomic E-state index is 0.191. The molecule has 0 aliphatic heterocycles. The van der Waals surface area contributed by atoms with Crippen molar-refractivity contribution < 1.29 is 4.79 Å². The minimum absolute atomic E-state index is 0.191. The van der Waals surface area contributed by atoms with Crippen molar-refractivity contribution in [3.05, 3.63) is 35.4 Å². The van der Waals surface area contributed by atoms with E-state index in [1.165, 1.54) is 24.8 Å². The van der Waals surface area contributed by atoms with Crippen molar-refractivity contribution in [1.29, 1.82) is 5.26 Å². The Morgan fingerprint density at radius 3 is 2.53 bits per heavy atom. The van der Waals surface area contributed by atoms with Crippen LogP contribution in [0.15, 0.2) is 24.3 Å². The quantitative estimate of drug-likeness (QED) is 0.725. The van der Waals surface area contributed by atoms with Gasteiger partial charge in [0.2, 0.25) is 0 Å².